The van der Waals surface area contributed by atoms with Crippen molar-refractivity contribution >= 4 is 24.1 Å². The van der Waals surface area contributed by atoms with E-state index in [0.29, 0.717) is 6.07 Å². The van der Waals surface area contributed by atoms with Gasteiger partial charge in [-0.25, -0.2) is 4.68 Å². The van der Waals surface area contributed by atoms with Gasteiger partial charge in [-0.3, -0.25) is 9.79 Å². The van der Waals surface area contributed by atoms with Gasteiger partial charge in [-0.15, -0.1) is 0 Å². The number of carbonyl (C=O) groups is 1. The molecule has 0 saturated heterocycles. The van der Waals surface area contributed by atoms with E-state index in [1.54, 1.807) is 0 Å². The van der Waals surface area contributed by atoms with Crippen molar-refractivity contribution in [3.8, 4) is 0 Å². The summed E-state index contributed by atoms with van der Waals surface area (Å²) < 4.78 is 38.0. The zero-order valence-corrected chi connectivity index (χ0v) is 10.1. The van der Waals surface area contributed by atoms with E-state index in [2.05, 4.69) is 16.8 Å². The van der Waals surface area contributed by atoms with Crippen LogP contribution in [0, 0.1) is 0 Å². The maximum atomic E-state index is 12.4. The Bertz CT molecular complexity index is 505. The standard InChI is InChI=1S/C10H9ClF3N3O/c1-6(18)3-7(15-2)5-17-9(11)4-8(16-17)10(12,13)14/h3-4H,2,5H2,1H3/b7-3-. The lowest BCUT2D eigenvalue weighted by Gasteiger charge is -2.03. The first-order chi connectivity index (χ1) is 8.24. The van der Waals surface area contributed by atoms with Gasteiger partial charge in [-0.2, -0.15) is 18.3 Å². The topological polar surface area (TPSA) is 47.2 Å². The number of carbonyl (C=O) groups excluding carboxylic acids is 1. The highest BCUT2D eigenvalue weighted by Crippen LogP contribution is 2.30. The molecule has 0 N–H and O–H groups in total. The number of ketones is 1. The second-order valence-electron chi connectivity index (χ2n) is 3.41. The summed E-state index contributed by atoms with van der Waals surface area (Å²) in [4.78, 5) is 14.4. The number of hydrogen-bond acceptors (Lipinski definition) is 3. The molecular formula is C10H9ClF3N3O. The SMILES string of the molecule is C=N/C(=C\C(C)=O)Cn1nc(C(F)(F)F)cc1Cl. The summed E-state index contributed by atoms with van der Waals surface area (Å²) in [5, 5.41) is 3.10. The minimum absolute atomic E-state index is 0.155. The predicted octanol–water partition coefficient (Wildman–Crippen LogP) is 2.73. The molecule has 8 heteroatoms. The summed E-state index contributed by atoms with van der Waals surface area (Å²) in [7, 11) is 0. The average molecular weight is 280 g/mol. The molecule has 0 aliphatic carbocycles. The van der Waals surface area contributed by atoms with Crippen LogP contribution in [0.3, 0.4) is 0 Å². The van der Waals surface area contributed by atoms with Crippen molar-refractivity contribution in [2.45, 2.75) is 19.6 Å². The number of aromatic nitrogens is 2. The first-order valence-corrected chi connectivity index (χ1v) is 5.10. The van der Waals surface area contributed by atoms with Crippen molar-refractivity contribution in [3.05, 3.63) is 28.7 Å². The Morgan fingerprint density at radius 3 is 2.67 bits per heavy atom. The van der Waals surface area contributed by atoms with Gasteiger partial charge in [-0.05, 0) is 13.6 Å². The summed E-state index contributed by atoms with van der Waals surface area (Å²) in [5.74, 6) is -0.295. The lowest BCUT2D eigenvalue weighted by atomic mass is 10.3. The van der Waals surface area contributed by atoms with Gasteiger partial charge in [0.15, 0.2) is 11.5 Å². The van der Waals surface area contributed by atoms with Crippen molar-refractivity contribution in [2.75, 3.05) is 0 Å². The van der Waals surface area contributed by atoms with E-state index in [4.69, 9.17) is 11.6 Å². The highest BCUT2D eigenvalue weighted by Gasteiger charge is 2.34. The molecule has 0 bridgehead atoms. The van der Waals surface area contributed by atoms with Crippen LogP contribution in [-0.4, -0.2) is 22.3 Å². The fourth-order valence-electron chi connectivity index (χ4n) is 1.17. The Balaban J connectivity index is 3.01. The maximum Gasteiger partial charge on any atom is 0.435 e. The van der Waals surface area contributed by atoms with Crippen LogP contribution in [0.5, 0.6) is 0 Å². The molecule has 1 heterocycles. The largest absolute Gasteiger partial charge is 0.435 e. The number of rotatable bonds is 4. The van der Waals surface area contributed by atoms with Crippen LogP contribution in [0.25, 0.3) is 0 Å². The zero-order chi connectivity index (χ0) is 13.9. The molecule has 0 amide bonds. The molecule has 4 nitrogen and oxygen atoms in total. The van der Waals surface area contributed by atoms with E-state index in [1.165, 1.54) is 6.92 Å². The summed E-state index contributed by atoms with van der Waals surface area (Å²) in [5.41, 5.74) is -0.917. The fraction of sp³-hybridized carbons (Fsp3) is 0.300. The van der Waals surface area contributed by atoms with Crippen molar-refractivity contribution in [1.82, 2.24) is 9.78 Å². The molecule has 1 rings (SSSR count). The lowest BCUT2D eigenvalue weighted by Crippen LogP contribution is -2.09. The van der Waals surface area contributed by atoms with E-state index in [9.17, 15) is 18.0 Å². The van der Waals surface area contributed by atoms with Crippen molar-refractivity contribution in [2.24, 2.45) is 4.99 Å². The molecule has 98 valence electrons. The van der Waals surface area contributed by atoms with E-state index in [1.807, 2.05) is 0 Å². The van der Waals surface area contributed by atoms with Gasteiger partial charge in [0.2, 0.25) is 0 Å². The molecule has 0 radical (unpaired) electrons. The summed E-state index contributed by atoms with van der Waals surface area (Å²) in [6.07, 6.45) is -3.42. The minimum atomic E-state index is -4.57. The summed E-state index contributed by atoms with van der Waals surface area (Å²) in [6.45, 7) is 4.35. The second kappa shape index (κ2) is 5.34. The van der Waals surface area contributed by atoms with Crippen molar-refractivity contribution in [1.29, 1.82) is 0 Å². The van der Waals surface area contributed by atoms with Crippen molar-refractivity contribution < 1.29 is 18.0 Å². The van der Waals surface area contributed by atoms with Crippen LogP contribution in [0.15, 0.2) is 22.8 Å². The molecule has 1 aromatic heterocycles. The third-order valence-electron chi connectivity index (χ3n) is 1.91. The maximum absolute atomic E-state index is 12.4. The fourth-order valence-corrected chi connectivity index (χ4v) is 1.37. The zero-order valence-electron chi connectivity index (χ0n) is 9.33. The minimum Gasteiger partial charge on any atom is -0.295 e. The van der Waals surface area contributed by atoms with Crippen LogP contribution in [-0.2, 0) is 17.5 Å². The summed E-state index contributed by atoms with van der Waals surface area (Å²) in [6, 6.07) is 0.704. The Kier molecular flexibility index (Phi) is 4.28. The van der Waals surface area contributed by atoms with Crippen molar-refractivity contribution in [3.63, 3.8) is 0 Å². The number of halogens is 4. The molecule has 0 spiro atoms. The van der Waals surface area contributed by atoms with Gasteiger partial charge in [0, 0.05) is 12.1 Å². The molecule has 1 aromatic rings. The van der Waals surface area contributed by atoms with Crippen LogP contribution < -0.4 is 0 Å². The number of nitrogens with zero attached hydrogens (tertiary/aromatic N) is 3. The molecule has 0 saturated carbocycles. The number of hydrogen-bond donors (Lipinski definition) is 0. The van der Waals surface area contributed by atoms with Gasteiger partial charge in [0.1, 0.15) is 5.15 Å². The third kappa shape index (κ3) is 3.69. The highest BCUT2D eigenvalue weighted by atomic mass is 35.5. The van der Waals surface area contributed by atoms with E-state index in [0.717, 1.165) is 10.8 Å². The van der Waals surface area contributed by atoms with Gasteiger partial charge in [0.25, 0.3) is 0 Å². The quantitative estimate of drug-likeness (QED) is 0.628. The molecule has 0 aliphatic rings. The van der Waals surface area contributed by atoms with E-state index < -0.39 is 11.9 Å². The molecule has 18 heavy (non-hydrogen) atoms. The van der Waals surface area contributed by atoms with Crippen LogP contribution in [0.2, 0.25) is 5.15 Å². The monoisotopic (exact) mass is 279 g/mol. The second-order valence-corrected chi connectivity index (χ2v) is 3.80. The van der Waals surface area contributed by atoms with E-state index in [-0.39, 0.29) is 23.2 Å². The summed E-state index contributed by atoms with van der Waals surface area (Å²) >= 11 is 5.61. The Labute approximate surface area is 106 Å². The molecule has 0 fully saturated rings. The average Bonchev–Trinajstić information content (AvgIpc) is 2.58. The number of alkyl halides is 3. The number of aliphatic imine (C=N–C) groups is 1. The van der Waals surface area contributed by atoms with Gasteiger partial charge >= 0.3 is 6.18 Å². The van der Waals surface area contributed by atoms with E-state index >= 15 is 0 Å². The third-order valence-corrected chi connectivity index (χ3v) is 2.21. The molecule has 0 unspecified atom stereocenters. The Hall–Kier alpha value is -1.63. The molecule has 0 aromatic carbocycles. The van der Waals surface area contributed by atoms with Gasteiger partial charge in [-0.1, -0.05) is 11.6 Å². The normalized spacial score (nSPS) is 12.6. The van der Waals surface area contributed by atoms with Crippen LogP contribution >= 0.6 is 11.6 Å². The van der Waals surface area contributed by atoms with Gasteiger partial charge < -0.3 is 0 Å². The molecular weight excluding hydrogens is 271 g/mol. The first kappa shape index (κ1) is 14.4. The lowest BCUT2D eigenvalue weighted by molar-refractivity contribution is -0.141. The predicted molar refractivity (Wildman–Crippen MR) is 60.6 cm³/mol. The van der Waals surface area contributed by atoms with Crippen LogP contribution in [0.1, 0.15) is 12.6 Å². The highest BCUT2D eigenvalue weighted by molar-refractivity contribution is 6.29. The Morgan fingerprint density at radius 1 is 1.67 bits per heavy atom. The first-order valence-electron chi connectivity index (χ1n) is 4.72. The molecule has 0 atom stereocenters. The molecule has 0 aliphatic heterocycles. The Morgan fingerprint density at radius 2 is 2.28 bits per heavy atom. The number of allylic oxidation sites excluding steroid dienone is 2. The van der Waals surface area contributed by atoms with Crippen LogP contribution in [0.4, 0.5) is 13.2 Å². The van der Waals surface area contributed by atoms with Gasteiger partial charge in [0.05, 0.1) is 12.2 Å². The smallest absolute Gasteiger partial charge is 0.295 e.